The molecule has 0 unspecified atom stereocenters. The number of non-ortho nitro benzene ring substituents is 1. The summed E-state index contributed by atoms with van der Waals surface area (Å²) in [6, 6.07) is 6.40. The molecule has 0 aliphatic carbocycles. The average molecular weight is 180 g/mol. The van der Waals surface area contributed by atoms with Gasteiger partial charge in [-0.1, -0.05) is 0 Å². The van der Waals surface area contributed by atoms with Crippen LogP contribution in [0.5, 0.6) is 0 Å². The Balaban J connectivity index is 3.01. The van der Waals surface area contributed by atoms with Crippen molar-refractivity contribution in [1.29, 1.82) is 0 Å². The van der Waals surface area contributed by atoms with Gasteiger partial charge in [0, 0.05) is 38.4 Å². The van der Waals surface area contributed by atoms with E-state index in [0.717, 1.165) is 5.69 Å². The molecule has 0 aliphatic heterocycles. The number of nitro groups is 1. The van der Waals surface area contributed by atoms with E-state index in [1.807, 2.05) is 14.1 Å². The predicted molar refractivity (Wildman–Crippen MR) is 52.1 cm³/mol. The highest BCUT2D eigenvalue weighted by molar-refractivity contribution is 5.47. The molecule has 4 heteroatoms. The van der Waals surface area contributed by atoms with Crippen LogP contribution in [0.4, 0.5) is 11.4 Å². The predicted octanol–water partition coefficient (Wildman–Crippen LogP) is 1.95. The highest BCUT2D eigenvalue weighted by Gasteiger charge is 2.09. The Kier molecular flexibility index (Phi) is 2.34. The molecule has 0 N–H and O–H groups in total. The van der Waals surface area contributed by atoms with Gasteiger partial charge in [0.05, 0.1) is 4.92 Å². The normalized spacial score (nSPS) is 11.3. The Hall–Kier alpha value is -1.42. The molecule has 0 heterocycles. The summed E-state index contributed by atoms with van der Waals surface area (Å²) in [7, 11) is 7.69. The molecule has 0 aliphatic rings. The topological polar surface area (TPSA) is 43.1 Å². The van der Waals surface area contributed by atoms with Crippen LogP contribution in [-0.2, 0) is 0 Å². The molecular weight excluding hydrogens is 168 g/mol. The molecule has 0 saturated heterocycles. The van der Waals surface area contributed by atoms with Crippen molar-refractivity contribution in [2.45, 2.75) is 0 Å². The minimum atomic E-state index is -0.410. The lowest BCUT2D eigenvalue weighted by atomic mass is 10.2. The van der Waals surface area contributed by atoms with Gasteiger partial charge in [-0.25, -0.2) is 0 Å². The number of hydrogen-bond donors (Lipinski definition) is 0. The Morgan fingerprint density at radius 3 is 2.08 bits per heavy atom. The van der Waals surface area contributed by atoms with Crippen molar-refractivity contribution in [3.8, 4) is 0 Å². The van der Waals surface area contributed by atoms with E-state index in [4.69, 9.17) is 0 Å². The fourth-order valence-electron chi connectivity index (χ4n) is 0.978. The fourth-order valence-corrected chi connectivity index (χ4v) is 0.978. The maximum absolute atomic E-state index is 10.3. The van der Waals surface area contributed by atoms with E-state index < -0.39 is 4.92 Å². The van der Waals surface area contributed by atoms with Gasteiger partial charge in [-0.05, 0) is 0 Å². The number of quaternary nitrogens is 1. The van der Waals surface area contributed by atoms with E-state index in [9.17, 15) is 10.1 Å². The lowest BCUT2D eigenvalue weighted by molar-refractivity contribution is -0.384. The minimum Gasteiger partial charge on any atom is -0.429 e. The zero-order valence-electron chi connectivity index (χ0n) is 7.73. The molecule has 1 aromatic rings. The van der Waals surface area contributed by atoms with Crippen molar-refractivity contribution >= 4 is 11.4 Å². The van der Waals surface area contributed by atoms with Crippen LogP contribution in [0.1, 0.15) is 0 Å². The van der Waals surface area contributed by atoms with E-state index >= 15 is 0 Å². The lowest BCUT2D eigenvalue weighted by Gasteiger charge is -2.31. The van der Waals surface area contributed by atoms with Crippen LogP contribution in [0.15, 0.2) is 24.3 Å². The monoisotopic (exact) mass is 180 g/mol. The second-order valence-corrected chi connectivity index (χ2v) is 3.46. The zero-order valence-corrected chi connectivity index (χ0v) is 7.73. The molecule has 70 valence electrons. The number of nitro benzene ring substituents is 1. The fraction of sp³-hybridized carbons (Fsp3) is 0.222. The molecule has 1 rings (SSSR count). The standard InChI is InChI=1S/C9H12N2O2/c1-11(2,3)9-6-4-8(5-7-9)10(12)13/h4-7H,1H2,2-3H3. The molecule has 13 heavy (non-hydrogen) atoms. The van der Waals surface area contributed by atoms with Gasteiger partial charge in [0.25, 0.3) is 5.69 Å². The molecule has 0 spiro atoms. The highest BCUT2D eigenvalue weighted by Crippen LogP contribution is 2.21. The van der Waals surface area contributed by atoms with Gasteiger partial charge in [-0.15, -0.1) is 7.05 Å². The van der Waals surface area contributed by atoms with E-state index in [2.05, 4.69) is 7.05 Å². The third-order valence-electron chi connectivity index (χ3n) is 1.76. The van der Waals surface area contributed by atoms with E-state index in [1.54, 1.807) is 12.1 Å². The maximum Gasteiger partial charge on any atom is 0.269 e. The summed E-state index contributed by atoms with van der Waals surface area (Å²) in [5.74, 6) is 0. The van der Waals surface area contributed by atoms with Crippen molar-refractivity contribution in [3.63, 3.8) is 0 Å². The summed E-state index contributed by atoms with van der Waals surface area (Å²) < 4.78 is 0.415. The van der Waals surface area contributed by atoms with Gasteiger partial charge in [0.1, 0.15) is 5.69 Å². The van der Waals surface area contributed by atoms with Gasteiger partial charge in [0.15, 0.2) is 0 Å². The van der Waals surface area contributed by atoms with Crippen molar-refractivity contribution in [3.05, 3.63) is 41.4 Å². The van der Waals surface area contributed by atoms with Gasteiger partial charge in [0.2, 0.25) is 0 Å². The van der Waals surface area contributed by atoms with Crippen LogP contribution >= 0.6 is 0 Å². The molecule has 0 atom stereocenters. The zero-order chi connectivity index (χ0) is 10.1. The third kappa shape index (κ3) is 2.26. The summed E-state index contributed by atoms with van der Waals surface area (Å²) in [6.45, 7) is 0. The summed E-state index contributed by atoms with van der Waals surface area (Å²) in [6.07, 6.45) is 0. The first kappa shape index (κ1) is 9.67. The van der Waals surface area contributed by atoms with Crippen molar-refractivity contribution in [2.75, 3.05) is 14.1 Å². The Bertz CT molecular complexity index is 311. The average Bonchev–Trinajstić information content (AvgIpc) is 2.03. The lowest BCUT2D eigenvalue weighted by Crippen LogP contribution is -2.31. The molecule has 4 nitrogen and oxygen atoms in total. The maximum atomic E-state index is 10.3. The summed E-state index contributed by atoms with van der Waals surface area (Å²) in [4.78, 5) is 9.94. The summed E-state index contributed by atoms with van der Waals surface area (Å²) in [5, 5.41) is 10.3. The second-order valence-electron chi connectivity index (χ2n) is 3.46. The SMILES string of the molecule is [CH2-][N+](C)(C)c1ccc([N+](=O)[O-])cc1. The quantitative estimate of drug-likeness (QED) is 0.302. The molecule has 0 fully saturated rings. The van der Waals surface area contributed by atoms with Gasteiger partial charge >= 0.3 is 0 Å². The first-order chi connectivity index (χ1) is 5.91. The Morgan fingerprint density at radius 1 is 1.31 bits per heavy atom. The van der Waals surface area contributed by atoms with Gasteiger partial charge < -0.3 is 4.48 Å². The Morgan fingerprint density at radius 2 is 1.77 bits per heavy atom. The van der Waals surface area contributed by atoms with Gasteiger partial charge in [-0.3, -0.25) is 10.1 Å². The number of benzene rings is 1. The number of nitrogens with zero attached hydrogens (tertiary/aromatic N) is 2. The first-order valence-corrected chi connectivity index (χ1v) is 3.84. The van der Waals surface area contributed by atoms with Crippen LogP contribution in [0.2, 0.25) is 0 Å². The molecule has 1 aromatic carbocycles. The molecule has 0 amide bonds. The van der Waals surface area contributed by atoms with Gasteiger partial charge in [-0.2, -0.15) is 0 Å². The van der Waals surface area contributed by atoms with E-state index in [1.165, 1.54) is 12.1 Å². The molecule has 0 aromatic heterocycles. The van der Waals surface area contributed by atoms with Crippen molar-refractivity contribution < 1.29 is 4.92 Å². The summed E-state index contributed by atoms with van der Waals surface area (Å²) in [5.41, 5.74) is 1.04. The minimum absolute atomic E-state index is 0.109. The van der Waals surface area contributed by atoms with Crippen LogP contribution in [0.25, 0.3) is 0 Å². The highest BCUT2D eigenvalue weighted by atomic mass is 16.6. The summed E-state index contributed by atoms with van der Waals surface area (Å²) >= 11 is 0. The van der Waals surface area contributed by atoms with E-state index in [0.29, 0.717) is 4.48 Å². The van der Waals surface area contributed by atoms with Crippen LogP contribution in [-0.4, -0.2) is 19.0 Å². The molecule has 0 radical (unpaired) electrons. The first-order valence-electron chi connectivity index (χ1n) is 3.84. The molecule has 0 bridgehead atoms. The van der Waals surface area contributed by atoms with Crippen LogP contribution < -0.4 is 4.48 Å². The number of hydrogen-bond acceptors (Lipinski definition) is 2. The largest absolute Gasteiger partial charge is 0.429 e. The third-order valence-corrected chi connectivity index (χ3v) is 1.76. The number of rotatable bonds is 2. The Labute approximate surface area is 77.1 Å². The molecule has 0 saturated carbocycles. The van der Waals surface area contributed by atoms with Crippen molar-refractivity contribution in [2.24, 2.45) is 0 Å². The second kappa shape index (κ2) is 3.14. The van der Waals surface area contributed by atoms with Crippen LogP contribution in [0, 0.1) is 17.2 Å². The smallest absolute Gasteiger partial charge is 0.269 e. The van der Waals surface area contributed by atoms with E-state index in [-0.39, 0.29) is 5.69 Å². The van der Waals surface area contributed by atoms with Crippen LogP contribution in [0.3, 0.4) is 0 Å². The molecular formula is C9H12N2O2. The van der Waals surface area contributed by atoms with Crippen molar-refractivity contribution in [1.82, 2.24) is 4.48 Å².